The van der Waals surface area contributed by atoms with Crippen molar-refractivity contribution in [2.24, 2.45) is 23.0 Å². The number of ketones is 2. The van der Waals surface area contributed by atoms with Gasteiger partial charge in [0, 0.05) is 49.2 Å². The molecule has 1 aromatic rings. The van der Waals surface area contributed by atoms with Crippen molar-refractivity contribution < 1.29 is 44.0 Å². The van der Waals surface area contributed by atoms with E-state index >= 15 is 4.39 Å². The average Bonchev–Trinajstić information content (AvgIpc) is 3.18. The number of carbonyl (C=O) groups excluding carboxylic acids is 4. The van der Waals surface area contributed by atoms with Crippen LogP contribution >= 0.6 is 0 Å². The number of aromatic hydroxyl groups is 1. The van der Waals surface area contributed by atoms with Gasteiger partial charge in [-0.15, -0.1) is 0 Å². The second kappa shape index (κ2) is 9.12. The van der Waals surface area contributed by atoms with Gasteiger partial charge >= 0.3 is 0 Å². The van der Waals surface area contributed by atoms with Crippen molar-refractivity contribution in [3.8, 4) is 5.75 Å². The number of phenolic OH excluding ortho intramolecular Hbond substituents is 1. The number of benzene rings is 1. The molecule has 1 unspecified atom stereocenters. The maximum absolute atomic E-state index is 16.0. The van der Waals surface area contributed by atoms with Gasteiger partial charge in [0.2, 0.25) is 11.7 Å². The highest BCUT2D eigenvalue weighted by Crippen LogP contribution is 2.52. The fraction of sp³-hybridized carbons (Fsp3) is 0.517. The highest BCUT2D eigenvalue weighted by atomic mass is 19.1. The van der Waals surface area contributed by atoms with Crippen LogP contribution in [-0.2, 0) is 32.1 Å². The van der Waals surface area contributed by atoms with Crippen LogP contribution in [0.3, 0.4) is 0 Å². The Kier molecular flexibility index (Phi) is 6.09. The van der Waals surface area contributed by atoms with Crippen LogP contribution in [0.1, 0.15) is 48.8 Å². The first-order valence-corrected chi connectivity index (χ1v) is 13.8. The van der Waals surface area contributed by atoms with E-state index in [9.17, 15) is 39.6 Å². The van der Waals surface area contributed by atoms with Gasteiger partial charge in [-0.3, -0.25) is 24.1 Å². The van der Waals surface area contributed by atoms with Gasteiger partial charge in [-0.05, 0) is 57.2 Å². The van der Waals surface area contributed by atoms with Crippen molar-refractivity contribution in [1.29, 1.82) is 0 Å². The number of halogens is 1. The summed E-state index contributed by atoms with van der Waals surface area (Å²) in [7, 11) is 1.80. The summed E-state index contributed by atoms with van der Waals surface area (Å²) in [6, 6.07) is 1.21. The van der Waals surface area contributed by atoms with Gasteiger partial charge in [-0.1, -0.05) is 0 Å². The molecule has 0 aromatic heterocycles. The van der Waals surface area contributed by atoms with Crippen LogP contribution in [0.4, 0.5) is 4.39 Å². The molecule has 0 radical (unpaired) electrons. The average molecular weight is 570 g/mol. The molecule has 2 heterocycles. The number of Topliss-reactive ketones (excluding diaryl/α,β-unsaturated/α-hetero) is 2. The van der Waals surface area contributed by atoms with E-state index in [0.29, 0.717) is 25.9 Å². The van der Waals surface area contributed by atoms with Gasteiger partial charge in [-0.25, -0.2) is 4.39 Å². The molecule has 3 aliphatic carbocycles. The van der Waals surface area contributed by atoms with E-state index in [0.717, 1.165) is 13.0 Å². The second-order valence-electron chi connectivity index (χ2n) is 12.2. The number of hydrogen-bond acceptors (Lipinski definition) is 9. The largest absolute Gasteiger partial charge is 0.508 e. The van der Waals surface area contributed by atoms with Crippen LogP contribution in [0, 0.1) is 23.1 Å². The van der Waals surface area contributed by atoms with Crippen molar-refractivity contribution in [2.75, 3.05) is 26.7 Å². The summed E-state index contributed by atoms with van der Waals surface area (Å²) >= 11 is 0. The number of rotatable bonds is 3. The number of carbonyl (C=O) groups is 4. The topological polar surface area (TPSA) is 182 Å². The highest BCUT2D eigenvalue weighted by Gasteiger charge is 2.60. The van der Waals surface area contributed by atoms with Crippen molar-refractivity contribution in [2.45, 2.75) is 50.7 Å². The molecule has 0 bridgehead atoms. The summed E-state index contributed by atoms with van der Waals surface area (Å²) < 4.78 is 16.0. The molecule has 1 spiro atoms. The van der Waals surface area contributed by atoms with Crippen LogP contribution in [0.5, 0.6) is 5.75 Å². The number of aliphatic hydroxyl groups is 3. The minimum Gasteiger partial charge on any atom is -0.508 e. The lowest BCUT2D eigenvalue weighted by Crippen LogP contribution is -2.58. The maximum atomic E-state index is 16.0. The van der Waals surface area contributed by atoms with Crippen LogP contribution < -0.4 is 5.73 Å². The first-order chi connectivity index (χ1) is 19.3. The van der Waals surface area contributed by atoms with E-state index in [-0.39, 0.29) is 53.0 Å². The molecule has 2 amide bonds. The molecule has 12 heteroatoms. The number of hydrogen-bond donors (Lipinski definition) is 5. The molecule has 1 saturated carbocycles. The summed E-state index contributed by atoms with van der Waals surface area (Å²) in [5, 5.41) is 44.0. The van der Waals surface area contributed by atoms with E-state index in [2.05, 4.69) is 0 Å². The molecular formula is C29H32FN3O8. The summed E-state index contributed by atoms with van der Waals surface area (Å²) in [5.41, 5.74) is 0.958. The molecule has 5 aliphatic rings. The van der Waals surface area contributed by atoms with Crippen molar-refractivity contribution in [3.63, 3.8) is 0 Å². The summed E-state index contributed by atoms with van der Waals surface area (Å²) in [5.74, 6) is -7.95. The van der Waals surface area contributed by atoms with Gasteiger partial charge in [0.1, 0.15) is 28.7 Å². The zero-order chi connectivity index (χ0) is 29.6. The van der Waals surface area contributed by atoms with E-state index < -0.39 is 70.0 Å². The summed E-state index contributed by atoms with van der Waals surface area (Å²) in [4.78, 5) is 54.3. The number of piperidine rings is 1. The van der Waals surface area contributed by atoms with Gasteiger partial charge in [0.25, 0.3) is 5.91 Å². The number of phenols is 1. The molecule has 6 N–H and O–H groups in total. The summed E-state index contributed by atoms with van der Waals surface area (Å²) in [6.45, 7) is 2.08. The lowest BCUT2D eigenvalue weighted by molar-refractivity contribution is -0.147. The lowest BCUT2D eigenvalue weighted by atomic mass is 9.59. The Morgan fingerprint density at radius 1 is 1.10 bits per heavy atom. The maximum Gasteiger partial charge on any atom is 0.255 e. The molecule has 11 nitrogen and oxygen atoms in total. The van der Waals surface area contributed by atoms with E-state index in [1.54, 1.807) is 11.9 Å². The third-order valence-corrected chi connectivity index (χ3v) is 10.0. The quantitative estimate of drug-likeness (QED) is 0.332. The number of amides is 2. The normalized spacial score (nSPS) is 29.6. The number of nitrogens with two attached hydrogens (primary N) is 1. The summed E-state index contributed by atoms with van der Waals surface area (Å²) in [6.07, 6.45) is 1.53. The Morgan fingerprint density at radius 2 is 1.76 bits per heavy atom. The molecular weight excluding hydrogens is 537 g/mol. The van der Waals surface area contributed by atoms with Gasteiger partial charge in [0.05, 0.1) is 11.0 Å². The van der Waals surface area contributed by atoms with Crippen molar-refractivity contribution in [3.05, 3.63) is 45.5 Å². The molecule has 218 valence electrons. The van der Waals surface area contributed by atoms with Crippen LogP contribution in [0.15, 0.2) is 23.0 Å². The van der Waals surface area contributed by atoms with Gasteiger partial charge in [-0.2, -0.15) is 0 Å². The smallest absolute Gasteiger partial charge is 0.255 e. The molecule has 2 aliphatic heterocycles. The van der Waals surface area contributed by atoms with E-state index in [1.165, 1.54) is 6.07 Å². The molecule has 3 fully saturated rings. The highest BCUT2D eigenvalue weighted by molar-refractivity contribution is 6.22. The van der Waals surface area contributed by atoms with Crippen LogP contribution in [-0.4, -0.2) is 85.9 Å². The fourth-order valence-electron chi connectivity index (χ4n) is 7.68. The Hall–Kier alpha value is -3.77. The molecule has 3 atom stereocenters. The minimum atomic E-state index is -2.66. The number of primary amides is 1. The third-order valence-electron chi connectivity index (χ3n) is 10.0. The van der Waals surface area contributed by atoms with Gasteiger partial charge in [0.15, 0.2) is 11.4 Å². The number of fused-ring (bicyclic) bond motifs is 3. The zero-order valence-corrected chi connectivity index (χ0v) is 22.6. The Balaban J connectivity index is 1.31. The zero-order valence-electron chi connectivity index (χ0n) is 22.6. The predicted molar refractivity (Wildman–Crippen MR) is 141 cm³/mol. The molecule has 6 rings (SSSR count). The van der Waals surface area contributed by atoms with Gasteiger partial charge < -0.3 is 31.1 Å². The third kappa shape index (κ3) is 3.76. The second-order valence-corrected chi connectivity index (χ2v) is 12.2. The van der Waals surface area contributed by atoms with Crippen LogP contribution in [0.2, 0.25) is 0 Å². The molecule has 1 aromatic carbocycles. The first-order valence-electron chi connectivity index (χ1n) is 13.8. The van der Waals surface area contributed by atoms with E-state index in [4.69, 9.17) is 5.73 Å². The number of likely N-dealkylation sites (tertiary alicyclic amines) is 2. The SMILES string of the molecule is CN1CCC2(CCN(Cc3cc(O)c4c(c3F)CC3C[C@H]5CC(=O)C(C(N)=O)=C(O)[C@@]5(O)C(=O)C3=C4O)CC2)C1=O. The minimum absolute atomic E-state index is 0.0188. The fourth-order valence-corrected chi connectivity index (χ4v) is 7.68. The number of aliphatic hydroxyl groups excluding tert-OH is 2. The lowest BCUT2D eigenvalue weighted by Gasteiger charge is -2.46. The van der Waals surface area contributed by atoms with Crippen molar-refractivity contribution >= 4 is 29.1 Å². The van der Waals surface area contributed by atoms with E-state index in [1.807, 2.05) is 4.90 Å². The van der Waals surface area contributed by atoms with Crippen LogP contribution in [0.25, 0.3) is 5.76 Å². The monoisotopic (exact) mass is 569 g/mol. The Labute approximate surface area is 234 Å². The van der Waals surface area contributed by atoms with Crippen molar-refractivity contribution in [1.82, 2.24) is 9.80 Å². The Morgan fingerprint density at radius 3 is 2.37 bits per heavy atom. The molecule has 2 saturated heterocycles. The standard InChI is InChI=1S/C29H32FN3O8/c1-32-5-2-28(27(32)40)3-6-33(7-4-28)12-14-10-17(34)20-16(22(14)30)9-13-8-15-11-18(35)21(26(31)39)25(38)29(15,41)24(37)19(13)23(20)36/h10,13,15,34,36,38,41H,2-9,11-12H2,1H3,(H2,31,39)/t13?,15-,29-/m0/s1. The molecule has 41 heavy (non-hydrogen) atoms. The number of nitrogens with zero attached hydrogens (tertiary/aromatic N) is 2. The first kappa shape index (κ1) is 27.4. The predicted octanol–water partition coefficient (Wildman–Crippen LogP) is 1.01. The Bertz CT molecular complexity index is 1490.